The topological polar surface area (TPSA) is 59.4 Å². The number of halogens is 1. The van der Waals surface area contributed by atoms with E-state index in [2.05, 4.69) is 11.6 Å². The van der Waals surface area contributed by atoms with Crippen LogP contribution in [0.3, 0.4) is 0 Å². The van der Waals surface area contributed by atoms with Gasteiger partial charge in [0.1, 0.15) is 10.7 Å². The summed E-state index contributed by atoms with van der Waals surface area (Å²) in [7, 11) is 0. The molecule has 0 amide bonds. The van der Waals surface area contributed by atoms with Crippen LogP contribution >= 0.6 is 11.6 Å². The Balaban J connectivity index is 2.72. The number of aromatic nitrogens is 1. The average Bonchev–Trinajstić information content (AvgIpc) is 2.24. The van der Waals surface area contributed by atoms with Gasteiger partial charge in [0, 0.05) is 0 Å². The molecule has 4 nitrogen and oxygen atoms in total. The number of aromatic carboxylic acids is 1. The molecule has 1 aromatic heterocycles. The third kappa shape index (κ3) is 3.55. The van der Waals surface area contributed by atoms with E-state index in [1.807, 2.05) is 0 Å². The molecule has 0 fully saturated rings. The van der Waals surface area contributed by atoms with E-state index in [1.165, 1.54) is 12.1 Å². The van der Waals surface area contributed by atoms with Crippen LogP contribution in [0.4, 0.5) is 0 Å². The minimum Gasteiger partial charge on any atom is -0.477 e. The van der Waals surface area contributed by atoms with E-state index in [1.54, 1.807) is 6.08 Å². The van der Waals surface area contributed by atoms with Gasteiger partial charge >= 0.3 is 5.97 Å². The molecule has 1 rings (SSSR count). The van der Waals surface area contributed by atoms with Crippen LogP contribution in [-0.4, -0.2) is 22.7 Å². The molecular formula is C11H12ClNO3. The summed E-state index contributed by atoms with van der Waals surface area (Å²) in [6, 6.07) is 2.79. The Labute approximate surface area is 98.5 Å². The molecule has 1 N–H and O–H groups in total. The lowest BCUT2D eigenvalue weighted by Gasteiger charge is -2.07. The van der Waals surface area contributed by atoms with E-state index in [0.717, 1.165) is 12.8 Å². The summed E-state index contributed by atoms with van der Waals surface area (Å²) in [5, 5.41) is 9.09. The second-order valence-corrected chi connectivity index (χ2v) is 3.46. The summed E-state index contributed by atoms with van der Waals surface area (Å²) in [6.07, 6.45) is 3.34. The van der Waals surface area contributed by atoms with Crippen LogP contribution in [0.5, 0.6) is 5.88 Å². The molecule has 1 heterocycles. The van der Waals surface area contributed by atoms with E-state index in [9.17, 15) is 4.79 Å². The standard InChI is InChI=1S/C11H12ClNO3/c1-2-3-4-7-16-10-8(11(14)15)5-6-9(12)13-10/h2,5-6H,1,3-4,7H2,(H,14,15). The molecule has 5 heteroatoms. The normalized spacial score (nSPS) is 9.81. The van der Waals surface area contributed by atoms with Crippen molar-refractivity contribution in [3.8, 4) is 5.88 Å². The van der Waals surface area contributed by atoms with Gasteiger partial charge < -0.3 is 9.84 Å². The van der Waals surface area contributed by atoms with Crippen molar-refractivity contribution in [3.63, 3.8) is 0 Å². The highest BCUT2D eigenvalue weighted by atomic mass is 35.5. The zero-order valence-electron chi connectivity index (χ0n) is 8.65. The average molecular weight is 242 g/mol. The highest BCUT2D eigenvalue weighted by Crippen LogP contribution is 2.19. The van der Waals surface area contributed by atoms with Gasteiger partial charge in [-0.1, -0.05) is 17.7 Å². The number of ether oxygens (including phenoxy) is 1. The molecule has 0 radical (unpaired) electrons. The number of allylic oxidation sites excluding steroid dienone is 1. The minimum absolute atomic E-state index is 0.0167. The number of hydrogen-bond acceptors (Lipinski definition) is 3. The molecule has 1 aromatic rings. The Morgan fingerprint density at radius 2 is 2.38 bits per heavy atom. The predicted octanol–water partition coefficient (Wildman–Crippen LogP) is 2.78. The summed E-state index contributed by atoms with van der Waals surface area (Å²) >= 11 is 5.66. The predicted molar refractivity (Wildman–Crippen MR) is 61.1 cm³/mol. The Hall–Kier alpha value is -1.55. The number of unbranched alkanes of at least 4 members (excludes halogenated alkanes) is 1. The zero-order chi connectivity index (χ0) is 12.0. The summed E-state index contributed by atoms with van der Waals surface area (Å²) in [5.74, 6) is -1.02. The third-order valence-corrected chi connectivity index (χ3v) is 2.06. The molecule has 16 heavy (non-hydrogen) atoms. The van der Waals surface area contributed by atoms with Crippen LogP contribution in [0.15, 0.2) is 24.8 Å². The van der Waals surface area contributed by atoms with Crippen molar-refractivity contribution in [1.82, 2.24) is 4.98 Å². The maximum Gasteiger partial charge on any atom is 0.341 e. The first kappa shape index (κ1) is 12.5. The van der Waals surface area contributed by atoms with E-state index < -0.39 is 5.97 Å². The number of carbonyl (C=O) groups is 1. The van der Waals surface area contributed by atoms with Gasteiger partial charge in [0.2, 0.25) is 5.88 Å². The molecular weight excluding hydrogens is 230 g/mol. The Kier molecular flexibility index (Phi) is 4.79. The molecule has 0 aliphatic carbocycles. The van der Waals surface area contributed by atoms with Crippen molar-refractivity contribution in [1.29, 1.82) is 0 Å². The van der Waals surface area contributed by atoms with Crippen LogP contribution in [0.1, 0.15) is 23.2 Å². The zero-order valence-corrected chi connectivity index (χ0v) is 9.41. The van der Waals surface area contributed by atoms with Gasteiger partial charge in [0.15, 0.2) is 0 Å². The summed E-state index contributed by atoms with van der Waals surface area (Å²) in [4.78, 5) is 14.7. The SMILES string of the molecule is C=CCCCOc1nc(Cl)ccc1C(=O)O. The van der Waals surface area contributed by atoms with Gasteiger partial charge in [-0.25, -0.2) is 9.78 Å². The number of pyridine rings is 1. The number of hydrogen-bond donors (Lipinski definition) is 1. The Morgan fingerprint density at radius 3 is 3.00 bits per heavy atom. The van der Waals surface area contributed by atoms with Crippen molar-refractivity contribution >= 4 is 17.6 Å². The fourth-order valence-electron chi connectivity index (χ4n) is 1.09. The fraction of sp³-hybridized carbons (Fsp3) is 0.273. The van der Waals surface area contributed by atoms with Crippen LogP contribution in [-0.2, 0) is 0 Å². The largest absolute Gasteiger partial charge is 0.477 e. The van der Waals surface area contributed by atoms with Gasteiger partial charge in [-0.2, -0.15) is 0 Å². The molecule has 0 bridgehead atoms. The first-order valence-corrected chi connectivity index (χ1v) is 5.16. The number of carboxylic acid groups (broad SMARTS) is 1. The summed E-state index contributed by atoms with van der Waals surface area (Å²) < 4.78 is 5.26. The molecule has 0 aromatic carbocycles. The van der Waals surface area contributed by atoms with Crippen LogP contribution < -0.4 is 4.74 Å². The smallest absolute Gasteiger partial charge is 0.341 e. The van der Waals surface area contributed by atoms with E-state index in [0.29, 0.717) is 6.61 Å². The molecule has 0 aliphatic heterocycles. The van der Waals surface area contributed by atoms with Gasteiger partial charge in [-0.15, -0.1) is 6.58 Å². The quantitative estimate of drug-likeness (QED) is 0.473. The van der Waals surface area contributed by atoms with Gasteiger partial charge in [0.25, 0.3) is 0 Å². The van der Waals surface area contributed by atoms with E-state index in [-0.39, 0.29) is 16.6 Å². The lowest BCUT2D eigenvalue weighted by Crippen LogP contribution is -2.06. The molecule has 0 unspecified atom stereocenters. The molecule has 0 atom stereocenters. The molecule has 0 saturated heterocycles. The van der Waals surface area contributed by atoms with Crippen molar-refractivity contribution in [3.05, 3.63) is 35.5 Å². The van der Waals surface area contributed by atoms with Gasteiger partial charge in [-0.05, 0) is 25.0 Å². The fourth-order valence-corrected chi connectivity index (χ4v) is 1.23. The first-order chi connectivity index (χ1) is 7.65. The highest BCUT2D eigenvalue weighted by molar-refractivity contribution is 6.29. The van der Waals surface area contributed by atoms with Crippen molar-refractivity contribution in [2.24, 2.45) is 0 Å². The van der Waals surface area contributed by atoms with Crippen molar-refractivity contribution in [2.75, 3.05) is 6.61 Å². The highest BCUT2D eigenvalue weighted by Gasteiger charge is 2.13. The van der Waals surface area contributed by atoms with E-state index >= 15 is 0 Å². The van der Waals surface area contributed by atoms with Gasteiger partial charge in [-0.3, -0.25) is 0 Å². The Bertz CT molecular complexity index is 393. The van der Waals surface area contributed by atoms with Gasteiger partial charge in [0.05, 0.1) is 6.61 Å². The number of rotatable bonds is 6. The monoisotopic (exact) mass is 241 g/mol. The van der Waals surface area contributed by atoms with Crippen molar-refractivity contribution in [2.45, 2.75) is 12.8 Å². The van der Waals surface area contributed by atoms with E-state index in [4.69, 9.17) is 21.4 Å². The number of carboxylic acids is 1. The lowest BCUT2D eigenvalue weighted by atomic mass is 10.3. The second kappa shape index (κ2) is 6.12. The summed E-state index contributed by atoms with van der Waals surface area (Å²) in [5.41, 5.74) is 0.0167. The molecule has 0 aliphatic rings. The molecule has 0 saturated carbocycles. The third-order valence-electron chi connectivity index (χ3n) is 1.85. The molecule has 86 valence electrons. The van der Waals surface area contributed by atoms with Crippen molar-refractivity contribution < 1.29 is 14.6 Å². The second-order valence-electron chi connectivity index (χ2n) is 3.07. The maximum absolute atomic E-state index is 10.8. The lowest BCUT2D eigenvalue weighted by molar-refractivity contribution is 0.0691. The maximum atomic E-state index is 10.8. The van der Waals surface area contributed by atoms with Crippen LogP contribution in [0, 0.1) is 0 Å². The van der Waals surface area contributed by atoms with Crippen LogP contribution in [0.2, 0.25) is 5.15 Å². The molecule has 0 spiro atoms. The summed E-state index contributed by atoms with van der Waals surface area (Å²) in [6.45, 7) is 3.97. The minimum atomic E-state index is -1.08. The first-order valence-electron chi connectivity index (χ1n) is 4.78. The Morgan fingerprint density at radius 1 is 1.62 bits per heavy atom. The van der Waals surface area contributed by atoms with Crippen LogP contribution in [0.25, 0.3) is 0 Å². The number of nitrogens with zero attached hydrogens (tertiary/aromatic N) is 1.